The Morgan fingerprint density at radius 1 is 1.33 bits per heavy atom. The smallest absolute Gasteiger partial charge is 0.311 e. The zero-order valence-corrected chi connectivity index (χ0v) is 20.9. The molecule has 1 spiro atoms. The van der Waals surface area contributed by atoms with Gasteiger partial charge in [0.05, 0.1) is 29.2 Å². The predicted molar refractivity (Wildman–Crippen MR) is 130 cm³/mol. The lowest BCUT2D eigenvalue weighted by Crippen LogP contribution is -2.57. The third-order valence-corrected chi connectivity index (χ3v) is 9.55. The van der Waals surface area contributed by atoms with E-state index in [1.165, 1.54) is 6.08 Å². The molecule has 7 nitrogen and oxygen atoms in total. The van der Waals surface area contributed by atoms with E-state index in [2.05, 4.69) is 20.1 Å². The maximum absolute atomic E-state index is 14.1. The van der Waals surface area contributed by atoms with Crippen LogP contribution in [-0.4, -0.2) is 80.6 Å². The van der Waals surface area contributed by atoms with Crippen molar-refractivity contribution in [2.45, 2.75) is 74.5 Å². The molecule has 0 aromatic carbocycles. The number of ether oxygens (including phenoxy) is 1. The topological polar surface area (TPSA) is 87.1 Å². The maximum atomic E-state index is 14.1. The molecule has 184 valence electrons. The average Bonchev–Trinajstić information content (AvgIpc) is 3.37. The van der Waals surface area contributed by atoms with Crippen molar-refractivity contribution in [1.82, 2.24) is 9.80 Å². The highest BCUT2D eigenvalue weighted by atomic mass is 32.2. The summed E-state index contributed by atoms with van der Waals surface area (Å²) in [6, 6.07) is -1.19. The Bertz CT molecular complexity index is 800. The summed E-state index contributed by atoms with van der Waals surface area (Å²) < 4.78 is 4.27. The van der Waals surface area contributed by atoms with E-state index < -0.39 is 39.4 Å². The van der Waals surface area contributed by atoms with Gasteiger partial charge >= 0.3 is 5.97 Å². The Morgan fingerprint density at radius 2 is 2.06 bits per heavy atom. The zero-order valence-electron chi connectivity index (χ0n) is 20.1. The van der Waals surface area contributed by atoms with Gasteiger partial charge in [0.2, 0.25) is 11.8 Å². The van der Waals surface area contributed by atoms with Crippen LogP contribution in [0.2, 0.25) is 0 Å². The number of fused-ring (bicyclic) bond motifs is 1. The molecule has 8 heteroatoms. The van der Waals surface area contributed by atoms with Gasteiger partial charge in [-0.05, 0) is 32.6 Å². The van der Waals surface area contributed by atoms with Crippen LogP contribution in [0.25, 0.3) is 0 Å². The number of aliphatic hydroxyl groups is 1. The third-order valence-electron chi connectivity index (χ3n) is 7.56. The average molecular weight is 479 g/mol. The van der Waals surface area contributed by atoms with E-state index in [1.807, 2.05) is 13.8 Å². The molecule has 2 bridgehead atoms. The molecule has 33 heavy (non-hydrogen) atoms. The molecule has 0 aromatic rings. The van der Waals surface area contributed by atoms with Crippen molar-refractivity contribution < 1.29 is 24.2 Å². The normalized spacial score (nSPS) is 33.0. The van der Waals surface area contributed by atoms with Crippen LogP contribution in [0.1, 0.15) is 52.9 Å². The molecular formula is C25H38N2O5S. The SMILES string of the molecule is C=CCOC(=O)[C@H]1[C@H]2C(=O)N([C@@H](CC)CO)C(C(=O)N(CC=C)CCCC)C23CC[C@]1(C)S3. The second-order valence-corrected chi connectivity index (χ2v) is 11.5. The number of hydrogen-bond acceptors (Lipinski definition) is 6. The highest BCUT2D eigenvalue weighted by Crippen LogP contribution is 2.71. The summed E-state index contributed by atoms with van der Waals surface area (Å²) in [7, 11) is 0. The van der Waals surface area contributed by atoms with Crippen molar-refractivity contribution in [3.63, 3.8) is 0 Å². The highest BCUT2D eigenvalue weighted by Gasteiger charge is 2.78. The first-order chi connectivity index (χ1) is 15.8. The van der Waals surface area contributed by atoms with Crippen LogP contribution >= 0.6 is 11.8 Å². The highest BCUT2D eigenvalue weighted by molar-refractivity contribution is 8.02. The standard InChI is InChI=1S/C25H38N2O5S/c1-6-10-14-26(13-7-2)22(30)20-25-12-11-24(5,33-25)19(23(31)32-15-8-3)18(25)21(29)27(20)17(9-4)16-28/h7-8,17-20,28H,2-3,6,9-16H2,1,4-5H3/t17-,18-,19+,20?,24-,25?/m0/s1. The molecule has 0 radical (unpaired) electrons. The van der Waals surface area contributed by atoms with Gasteiger partial charge in [-0.2, -0.15) is 0 Å². The summed E-state index contributed by atoms with van der Waals surface area (Å²) in [4.78, 5) is 44.6. The van der Waals surface area contributed by atoms with Gasteiger partial charge in [-0.15, -0.1) is 18.3 Å². The largest absolute Gasteiger partial charge is 0.461 e. The third kappa shape index (κ3) is 4.14. The Kier molecular flexibility index (Phi) is 7.99. The van der Waals surface area contributed by atoms with Crippen LogP contribution in [-0.2, 0) is 19.1 Å². The first-order valence-corrected chi connectivity index (χ1v) is 12.9. The molecule has 0 aliphatic carbocycles. The van der Waals surface area contributed by atoms with Gasteiger partial charge in [0.25, 0.3) is 0 Å². The van der Waals surface area contributed by atoms with Gasteiger partial charge in [-0.25, -0.2) is 0 Å². The molecule has 3 aliphatic heterocycles. The van der Waals surface area contributed by atoms with Crippen LogP contribution in [0.15, 0.2) is 25.3 Å². The fourth-order valence-corrected chi connectivity index (χ4v) is 8.33. The van der Waals surface area contributed by atoms with E-state index in [0.29, 0.717) is 25.9 Å². The molecule has 0 saturated carbocycles. The number of aliphatic hydroxyl groups excluding tert-OH is 1. The predicted octanol–water partition coefficient (Wildman–Crippen LogP) is 2.78. The Morgan fingerprint density at radius 3 is 2.64 bits per heavy atom. The lowest BCUT2D eigenvalue weighted by molar-refractivity contribution is -0.155. The van der Waals surface area contributed by atoms with Crippen molar-refractivity contribution in [3.05, 3.63) is 25.3 Å². The van der Waals surface area contributed by atoms with Gasteiger partial charge in [0.1, 0.15) is 12.6 Å². The van der Waals surface area contributed by atoms with Crippen molar-refractivity contribution >= 4 is 29.5 Å². The molecular weight excluding hydrogens is 440 g/mol. The number of amides is 2. The van der Waals surface area contributed by atoms with Crippen molar-refractivity contribution in [1.29, 1.82) is 0 Å². The molecule has 2 amide bonds. The Labute approximate surface area is 201 Å². The second-order valence-electron chi connectivity index (χ2n) is 9.56. The van der Waals surface area contributed by atoms with E-state index in [-0.39, 0.29) is 25.0 Å². The van der Waals surface area contributed by atoms with E-state index in [9.17, 15) is 19.5 Å². The van der Waals surface area contributed by atoms with E-state index >= 15 is 0 Å². The maximum Gasteiger partial charge on any atom is 0.311 e. The van der Waals surface area contributed by atoms with Gasteiger partial charge in [-0.1, -0.05) is 39.0 Å². The lowest BCUT2D eigenvalue weighted by atomic mass is 9.66. The summed E-state index contributed by atoms with van der Waals surface area (Å²) in [6.45, 7) is 14.3. The van der Waals surface area contributed by atoms with Crippen LogP contribution in [0.3, 0.4) is 0 Å². The number of nitrogens with zero attached hydrogens (tertiary/aromatic N) is 2. The first kappa shape index (κ1) is 25.8. The molecule has 3 fully saturated rings. The monoisotopic (exact) mass is 478 g/mol. The molecule has 6 atom stereocenters. The summed E-state index contributed by atoms with van der Waals surface area (Å²) in [5, 5.41) is 10.1. The summed E-state index contributed by atoms with van der Waals surface area (Å²) in [5.41, 5.74) is 0. The number of rotatable bonds is 12. The van der Waals surface area contributed by atoms with Crippen LogP contribution in [0.4, 0.5) is 0 Å². The van der Waals surface area contributed by atoms with Gasteiger partial charge in [0.15, 0.2) is 0 Å². The number of likely N-dealkylation sites (tertiary alicyclic amines) is 1. The molecule has 3 rings (SSSR count). The Hall–Kier alpha value is -1.80. The summed E-state index contributed by atoms with van der Waals surface area (Å²) in [5.74, 6) is -1.97. The number of esters is 1. The minimum absolute atomic E-state index is 0.0917. The summed E-state index contributed by atoms with van der Waals surface area (Å²) >= 11 is 1.62. The van der Waals surface area contributed by atoms with Crippen LogP contribution < -0.4 is 0 Å². The zero-order chi connectivity index (χ0) is 24.4. The number of carbonyl (C=O) groups excluding carboxylic acids is 3. The second kappa shape index (κ2) is 10.2. The molecule has 3 aliphatic rings. The Balaban J connectivity index is 2.08. The van der Waals surface area contributed by atoms with Gasteiger partial charge in [-0.3, -0.25) is 14.4 Å². The number of hydrogen-bond donors (Lipinski definition) is 1. The molecule has 3 saturated heterocycles. The molecule has 2 unspecified atom stereocenters. The fourth-order valence-electron chi connectivity index (χ4n) is 6.01. The minimum atomic E-state index is -0.715. The van der Waals surface area contributed by atoms with Gasteiger partial charge in [0, 0.05) is 17.8 Å². The van der Waals surface area contributed by atoms with Crippen molar-refractivity contribution in [2.24, 2.45) is 11.8 Å². The van der Waals surface area contributed by atoms with E-state index in [0.717, 1.165) is 19.3 Å². The van der Waals surface area contributed by atoms with Crippen LogP contribution in [0.5, 0.6) is 0 Å². The minimum Gasteiger partial charge on any atom is -0.461 e. The first-order valence-electron chi connectivity index (χ1n) is 12.1. The van der Waals surface area contributed by atoms with Crippen molar-refractivity contribution in [3.8, 4) is 0 Å². The van der Waals surface area contributed by atoms with Gasteiger partial charge < -0.3 is 19.6 Å². The molecule has 0 aromatic heterocycles. The lowest BCUT2D eigenvalue weighted by Gasteiger charge is -2.39. The number of carbonyl (C=O) groups is 3. The number of thioether (sulfide) groups is 1. The van der Waals surface area contributed by atoms with E-state index in [4.69, 9.17) is 4.74 Å². The van der Waals surface area contributed by atoms with Crippen molar-refractivity contribution in [2.75, 3.05) is 26.3 Å². The quantitative estimate of drug-likeness (QED) is 0.343. The number of unbranched alkanes of at least 4 members (excludes halogenated alkanes) is 1. The fraction of sp³-hybridized carbons (Fsp3) is 0.720. The van der Waals surface area contributed by atoms with Crippen LogP contribution in [0, 0.1) is 11.8 Å². The molecule has 1 N–H and O–H groups in total. The molecule has 3 heterocycles. The summed E-state index contributed by atoms with van der Waals surface area (Å²) in [6.07, 6.45) is 6.97. The van der Waals surface area contributed by atoms with E-state index in [1.54, 1.807) is 27.6 Å².